The Hall–Kier alpha value is -0.600. The average Bonchev–Trinajstić information content (AvgIpc) is 2.77. The summed E-state index contributed by atoms with van der Waals surface area (Å²) in [4.78, 5) is 1.06. The van der Waals surface area contributed by atoms with Crippen LogP contribution in [0.15, 0.2) is 32.9 Å². The molecule has 0 bridgehead atoms. The zero-order valence-corrected chi connectivity index (χ0v) is 14.5. The van der Waals surface area contributed by atoms with E-state index in [0.717, 1.165) is 8.66 Å². The first-order valence-corrected chi connectivity index (χ1v) is 9.06. The number of anilines is 1. The van der Waals surface area contributed by atoms with Crippen LogP contribution in [0.1, 0.15) is 10.4 Å². The van der Waals surface area contributed by atoms with Gasteiger partial charge in [-0.3, -0.25) is 0 Å². The Morgan fingerprint density at radius 3 is 2.70 bits per heavy atom. The van der Waals surface area contributed by atoms with Crippen LogP contribution in [0.5, 0.6) is 0 Å². The number of rotatable bonds is 4. The first-order chi connectivity index (χ1) is 9.29. The minimum atomic E-state index is -3.62. The third-order valence-electron chi connectivity index (χ3n) is 2.65. The van der Waals surface area contributed by atoms with Crippen molar-refractivity contribution >= 4 is 54.6 Å². The van der Waals surface area contributed by atoms with Crippen molar-refractivity contribution in [3.8, 4) is 0 Å². The molecule has 0 unspecified atom stereocenters. The fourth-order valence-electron chi connectivity index (χ4n) is 1.65. The Kier molecular flexibility index (Phi) is 4.76. The molecule has 1 aromatic heterocycles. The molecule has 0 fully saturated rings. The molecule has 0 radical (unpaired) electrons. The molecule has 1 aromatic carbocycles. The number of halogens is 2. The molecule has 20 heavy (non-hydrogen) atoms. The molecule has 0 amide bonds. The predicted molar refractivity (Wildman–Crippen MR) is 86.6 cm³/mol. The summed E-state index contributed by atoms with van der Waals surface area (Å²) in [6.45, 7) is 1.92. The van der Waals surface area contributed by atoms with E-state index in [1.54, 1.807) is 13.0 Å². The number of nitrogens with two attached hydrogens (primary N) is 1. The summed E-state index contributed by atoms with van der Waals surface area (Å²) < 4.78 is 28.1. The lowest BCUT2D eigenvalue weighted by Crippen LogP contribution is -2.23. The predicted octanol–water partition coefficient (Wildman–Crippen LogP) is 3.53. The van der Waals surface area contributed by atoms with Crippen LogP contribution in [0, 0.1) is 6.92 Å². The summed E-state index contributed by atoms with van der Waals surface area (Å²) in [5.41, 5.74) is 6.47. The molecule has 4 nitrogen and oxygen atoms in total. The largest absolute Gasteiger partial charge is 0.397 e. The minimum Gasteiger partial charge on any atom is -0.397 e. The molecule has 3 N–H and O–H groups in total. The zero-order valence-electron chi connectivity index (χ0n) is 10.5. The lowest BCUT2D eigenvalue weighted by Gasteiger charge is -2.10. The Morgan fingerprint density at radius 2 is 2.10 bits per heavy atom. The van der Waals surface area contributed by atoms with E-state index in [-0.39, 0.29) is 17.1 Å². The van der Waals surface area contributed by atoms with E-state index in [2.05, 4.69) is 20.7 Å². The van der Waals surface area contributed by atoms with Crippen LogP contribution in [-0.2, 0) is 16.6 Å². The van der Waals surface area contributed by atoms with Gasteiger partial charge >= 0.3 is 0 Å². The first-order valence-electron chi connectivity index (χ1n) is 5.59. The third kappa shape index (κ3) is 3.53. The molecule has 2 aromatic rings. The number of nitrogen functional groups attached to an aromatic ring is 1. The molecule has 1 heterocycles. The van der Waals surface area contributed by atoms with Gasteiger partial charge in [0.1, 0.15) is 0 Å². The van der Waals surface area contributed by atoms with E-state index in [4.69, 9.17) is 17.3 Å². The van der Waals surface area contributed by atoms with Crippen LogP contribution < -0.4 is 10.5 Å². The minimum absolute atomic E-state index is 0.148. The van der Waals surface area contributed by atoms with Gasteiger partial charge in [0.05, 0.1) is 19.4 Å². The van der Waals surface area contributed by atoms with E-state index in [9.17, 15) is 8.42 Å². The second kappa shape index (κ2) is 6.03. The summed E-state index contributed by atoms with van der Waals surface area (Å²) in [6, 6.07) is 6.66. The lowest BCUT2D eigenvalue weighted by molar-refractivity contribution is 0.581. The molecule has 8 heteroatoms. The quantitative estimate of drug-likeness (QED) is 0.778. The van der Waals surface area contributed by atoms with Crippen LogP contribution in [0.2, 0.25) is 5.02 Å². The zero-order chi connectivity index (χ0) is 14.9. The second-order valence-electron chi connectivity index (χ2n) is 4.17. The fraction of sp³-hybridized carbons (Fsp3) is 0.167. The highest BCUT2D eigenvalue weighted by Crippen LogP contribution is 2.27. The molecule has 0 aliphatic heterocycles. The maximum Gasteiger partial charge on any atom is 0.241 e. The topological polar surface area (TPSA) is 72.2 Å². The van der Waals surface area contributed by atoms with E-state index in [1.807, 2.05) is 12.1 Å². The SMILES string of the molecule is Cc1cc(Cl)c(N)cc1S(=O)(=O)NCc1ccc(Br)s1. The van der Waals surface area contributed by atoms with Gasteiger partial charge in [0.25, 0.3) is 0 Å². The van der Waals surface area contributed by atoms with Crippen molar-refractivity contribution in [2.45, 2.75) is 18.4 Å². The Balaban J connectivity index is 2.24. The highest BCUT2D eigenvalue weighted by molar-refractivity contribution is 9.11. The van der Waals surface area contributed by atoms with Gasteiger partial charge in [-0.05, 0) is 52.7 Å². The molecule has 0 aliphatic rings. The Bertz CT molecular complexity index is 744. The van der Waals surface area contributed by atoms with Gasteiger partial charge in [-0.2, -0.15) is 0 Å². The number of aryl methyl sites for hydroxylation is 1. The third-order valence-corrected chi connectivity index (χ3v) is 6.14. The summed E-state index contributed by atoms with van der Waals surface area (Å²) in [5, 5.41) is 0.351. The number of hydrogen-bond acceptors (Lipinski definition) is 4. The molecule has 0 atom stereocenters. The van der Waals surface area contributed by atoms with E-state index in [0.29, 0.717) is 10.6 Å². The molecule has 0 aliphatic carbocycles. The second-order valence-corrected chi connectivity index (χ2v) is 8.86. The summed E-state index contributed by atoms with van der Waals surface area (Å²) in [6.07, 6.45) is 0. The highest BCUT2D eigenvalue weighted by atomic mass is 79.9. The van der Waals surface area contributed by atoms with Crippen LogP contribution in [-0.4, -0.2) is 8.42 Å². The maximum absolute atomic E-state index is 12.3. The van der Waals surface area contributed by atoms with Crippen LogP contribution in [0.3, 0.4) is 0 Å². The average molecular weight is 396 g/mol. The van der Waals surface area contributed by atoms with Gasteiger partial charge in [-0.15, -0.1) is 11.3 Å². The van der Waals surface area contributed by atoms with Crippen molar-refractivity contribution in [3.05, 3.63) is 43.5 Å². The summed E-state index contributed by atoms with van der Waals surface area (Å²) in [7, 11) is -3.62. The monoisotopic (exact) mass is 394 g/mol. The van der Waals surface area contributed by atoms with E-state index in [1.165, 1.54) is 17.4 Å². The van der Waals surface area contributed by atoms with Crippen LogP contribution in [0.4, 0.5) is 5.69 Å². The number of sulfonamides is 1. The lowest BCUT2D eigenvalue weighted by atomic mass is 10.2. The van der Waals surface area contributed by atoms with Crippen molar-refractivity contribution in [2.24, 2.45) is 0 Å². The molecular weight excluding hydrogens is 384 g/mol. The number of benzene rings is 1. The van der Waals surface area contributed by atoms with Crippen molar-refractivity contribution in [2.75, 3.05) is 5.73 Å². The number of nitrogens with one attached hydrogen (secondary N) is 1. The molecule has 0 saturated carbocycles. The van der Waals surface area contributed by atoms with Gasteiger partial charge in [-0.1, -0.05) is 11.6 Å². The first kappa shape index (κ1) is 15.8. The van der Waals surface area contributed by atoms with Gasteiger partial charge < -0.3 is 5.73 Å². The van der Waals surface area contributed by atoms with Gasteiger partial charge in [0, 0.05) is 11.4 Å². The molecule has 108 valence electrons. The summed E-state index contributed by atoms with van der Waals surface area (Å²) >= 11 is 10.7. The maximum atomic E-state index is 12.3. The highest BCUT2D eigenvalue weighted by Gasteiger charge is 2.18. The normalized spacial score (nSPS) is 11.8. The van der Waals surface area contributed by atoms with Gasteiger partial charge in [0.15, 0.2) is 0 Å². The van der Waals surface area contributed by atoms with Crippen molar-refractivity contribution in [1.82, 2.24) is 4.72 Å². The van der Waals surface area contributed by atoms with Gasteiger partial charge in [0.2, 0.25) is 10.0 Å². The molecule has 0 spiro atoms. The standard InChI is InChI=1S/C12H12BrClN2O2S2/c1-7-4-9(14)10(15)5-11(7)20(17,18)16-6-8-2-3-12(13)19-8/h2-5,16H,6,15H2,1H3. The van der Waals surface area contributed by atoms with E-state index < -0.39 is 10.0 Å². The van der Waals surface area contributed by atoms with Gasteiger partial charge in [-0.25, -0.2) is 13.1 Å². The van der Waals surface area contributed by atoms with E-state index >= 15 is 0 Å². The summed E-state index contributed by atoms with van der Waals surface area (Å²) in [5.74, 6) is 0. The van der Waals surface area contributed by atoms with Crippen molar-refractivity contribution < 1.29 is 8.42 Å². The molecule has 2 rings (SSSR count). The molecular formula is C12H12BrClN2O2S2. The van der Waals surface area contributed by atoms with Crippen LogP contribution in [0.25, 0.3) is 0 Å². The van der Waals surface area contributed by atoms with Crippen molar-refractivity contribution in [3.63, 3.8) is 0 Å². The number of hydrogen-bond donors (Lipinski definition) is 2. The fourth-order valence-corrected chi connectivity index (χ4v) is 4.65. The smallest absolute Gasteiger partial charge is 0.241 e. The molecule has 0 saturated heterocycles. The van der Waals surface area contributed by atoms with Crippen molar-refractivity contribution in [1.29, 1.82) is 0 Å². The van der Waals surface area contributed by atoms with Crippen LogP contribution >= 0.6 is 38.9 Å². The Labute approximate surface area is 135 Å². The number of thiophene rings is 1. The Morgan fingerprint density at radius 1 is 1.40 bits per heavy atom.